The van der Waals surface area contributed by atoms with Gasteiger partial charge in [0, 0.05) is 12.2 Å². The molecule has 18 heavy (non-hydrogen) atoms. The molecule has 0 aromatic carbocycles. The van der Waals surface area contributed by atoms with E-state index in [0.29, 0.717) is 5.69 Å². The van der Waals surface area contributed by atoms with Gasteiger partial charge in [-0.2, -0.15) is 5.10 Å². The molecule has 0 aliphatic rings. The lowest BCUT2D eigenvalue weighted by molar-refractivity contribution is 0.532. The number of hydrogen-bond donors (Lipinski definition) is 1. The Labute approximate surface area is 114 Å². The molecule has 0 amide bonds. The third kappa shape index (κ3) is 2.82. The third-order valence-electron chi connectivity index (χ3n) is 2.10. The van der Waals surface area contributed by atoms with Gasteiger partial charge in [0.25, 0.3) is 10.0 Å². The second kappa shape index (κ2) is 4.87. The van der Waals surface area contributed by atoms with E-state index in [0.717, 1.165) is 11.3 Å². The van der Waals surface area contributed by atoms with E-state index in [4.69, 9.17) is 11.6 Å². The molecule has 0 aliphatic carbocycles. The number of aromatic nitrogens is 3. The van der Waals surface area contributed by atoms with Crippen LogP contribution in [0.2, 0.25) is 4.47 Å². The highest BCUT2D eigenvalue weighted by atomic mass is 35.5. The second-order valence-electron chi connectivity index (χ2n) is 3.84. The number of sulfonamides is 1. The molecule has 0 radical (unpaired) electrons. The minimum atomic E-state index is -3.64. The van der Waals surface area contributed by atoms with Crippen LogP contribution in [0.4, 0.5) is 5.69 Å². The summed E-state index contributed by atoms with van der Waals surface area (Å²) in [7, 11) is -3.64. The van der Waals surface area contributed by atoms with Crippen molar-refractivity contribution < 1.29 is 8.42 Å². The zero-order valence-corrected chi connectivity index (χ0v) is 12.1. The van der Waals surface area contributed by atoms with E-state index >= 15 is 0 Å². The number of thiazole rings is 1. The van der Waals surface area contributed by atoms with Crippen molar-refractivity contribution in [2.24, 2.45) is 0 Å². The average molecular weight is 307 g/mol. The molecular formula is C9H11ClN4O2S2. The normalized spacial score (nSPS) is 12.0. The highest BCUT2D eigenvalue weighted by molar-refractivity contribution is 7.94. The summed E-state index contributed by atoms with van der Waals surface area (Å²) in [4.78, 5) is 3.70. The SMILES string of the molecule is CC(C)n1cc(NS(=O)(=O)c2cnc(Cl)s2)cn1. The van der Waals surface area contributed by atoms with Crippen LogP contribution in [0.3, 0.4) is 0 Å². The van der Waals surface area contributed by atoms with E-state index in [9.17, 15) is 8.42 Å². The quantitative estimate of drug-likeness (QED) is 0.940. The first-order valence-electron chi connectivity index (χ1n) is 5.07. The van der Waals surface area contributed by atoms with Crippen molar-refractivity contribution in [3.8, 4) is 0 Å². The molecule has 2 rings (SSSR count). The molecule has 0 atom stereocenters. The van der Waals surface area contributed by atoms with Gasteiger partial charge in [-0.1, -0.05) is 22.9 Å². The topological polar surface area (TPSA) is 76.9 Å². The van der Waals surface area contributed by atoms with Crippen LogP contribution in [0.5, 0.6) is 0 Å². The summed E-state index contributed by atoms with van der Waals surface area (Å²) in [5.41, 5.74) is 0.410. The van der Waals surface area contributed by atoms with Gasteiger partial charge in [0.1, 0.15) is 0 Å². The molecule has 2 aromatic heterocycles. The number of nitrogens with zero attached hydrogens (tertiary/aromatic N) is 3. The van der Waals surface area contributed by atoms with E-state index in [1.54, 1.807) is 10.9 Å². The Morgan fingerprint density at radius 1 is 1.44 bits per heavy atom. The minimum absolute atomic E-state index is 0.0739. The summed E-state index contributed by atoms with van der Waals surface area (Å²) in [5, 5.41) is 4.05. The Balaban J connectivity index is 2.22. The predicted octanol–water partition coefficient (Wildman–Crippen LogP) is 2.37. The Bertz CT molecular complexity index is 647. The van der Waals surface area contributed by atoms with Crippen LogP contribution < -0.4 is 4.72 Å². The molecule has 9 heteroatoms. The molecule has 0 aliphatic heterocycles. The van der Waals surface area contributed by atoms with Crippen molar-refractivity contribution in [3.05, 3.63) is 23.1 Å². The molecule has 0 bridgehead atoms. The fourth-order valence-corrected chi connectivity index (χ4v) is 3.56. The summed E-state index contributed by atoms with van der Waals surface area (Å²) in [6.07, 6.45) is 4.31. The van der Waals surface area contributed by atoms with E-state index in [-0.39, 0.29) is 14.7 Å². The molecule has 0 fully saturated rings. The molecule has 98 valence electrons. The van der Waals surface area contributed by atoms with Crippen molar-refractivity contribution >= 4 is 38.6 Å². The first kappa shape index (κ1) is 13.3. The minimum Gasteiger partial charge on any atom is -0.276 e. The van der Waals surface area contributed by atoms with Crippen LogP contribution >= 0.6 is 22.9 Å². The van der Waals surface area contributed by atoms with E-state index in [2.05, 4.69) is 14.8 Å². The first-order chi connectivity index (χ1) is 8.38. The van der Waals surface area contributed by atoms with Gasteiger partial charge in [-0.25, -0.2) is 13.4 Å². The van der Waals surface area contributed by atoms with Crippen molar-refractivity contribution in [1.29, 1.82) is 0 Å². The maximum Gasteiger partial charge on any atom is 0.273 e. The maximum absolute atomic E-state index is 12.0. The summed E-state index contributed by atoms with van der Waals surface area (Å²) in [6.45, 7) is 3.91. The Morgan fingerprint density at radius 3 is 2.67 bits per heavy atom. The van der Waals surface area contributed by atoms with Crippen LogP contribution in [-0.2, 0) is 10.0 Å². The van der Waals surface area contributed by atoms with E-state index < -0.39 is 10.0 Å². The summed E-state index contributed by atoms with van der Waals surface area (Å²) in [5.74, 6) is 0. The molecule has 0 saturated heterocycles. The Kier molecular flexibility index (Phi) is 3.60. The van der Waals surface area contributed by atoms with E-state index in [1.165, 1.54) is 12.4 Å². The average Bonchev–Trinajstić information content (AvgIpc) is 2.86. The van der Waals surface area contributed by atoms with Gasteiger partial charge in [-0.05, 0) is 13.8 Å². The number of hydrogen-bond acceptors (Lipinski definition) is 5. The van der Waals surface area contributed by atoms with E-state index in [1.807, 2.05) is 13.8 Å². The van der Waals surface area contributed by atoms with Gasteiger partial charge >= 0.3 is 0 Å². The van der Waals surface area contributed by atoms with Gasteiger partial charge in [0.05, 0.1) is 18.1 Å². The zero-order valence-electron chi connectivity index (χ0n) is 9.66. The lowest BCUT2D eigenvalue weighted by Gasteiger charge is -2.04. The van der Waals surface area contributed by atoms with Crippen LogP contribution in [0.1, 0.15) is 19.9 Å². The van der Waals surface area contributed by atoms with Gasteiger partial charge in [-0.15, -0.1) is 0 Å². The smallest absolute Gasteiger partial charge is 0.273 e. The van der Waals surface area contributed by atoms with Crippen LogP contribution in [0.25, 0.3) is 0 Å². The zero-order chi connectivity index (χ0) is 13.3. The first-order valence-corrected chi connectivity index (χ1v) is 7.74. The third-order valence-corrected chi connectivity index (χ3v) is 5.06. The molecule has 0 saturated carbocycles. The molecule has 6 nitrogen and oxygen atoms in total. The Morgan fingerprint density at radius 2 is 2.17 bits per heavy atom. The number of halogens is 1. The number of nitrogens with one attached hydrogen (secondary N) is 1. The highest BCUT2D eigenvalue weighted by Crippen LogP contribution is 2.24. The van der Waals surface area contributed by atoms with Crippen molar-refractivity contribution in [2.45, 2.75) is 24.1 Å². The van der Waals surface area contributed by atoms with Crippen LogP contribution in [-0.4, -0.2) is 23.2 Å². The largest absolute Gasteiger partial charge is 0.276 e. The van der Waals surface area contributed by atoms with Crippen molar-refractivity contribution in [1.82, 2.24) is 14.8 Å². The van der Waals surface area contributed by atoms with Gasteiger partial charge in [-0.3, -0.25) is 9.40 Å². The predicted molar refractivity (Wildman–Crippen MR) is 70.5 cm³/mol. The molecular weight excluding hydrogens is 296 g/mol. The summed E-state index contributed by atoms with van der Waals surface area (Å²) >= 11 is 6.52. The lowest BCUT2D eigenvalue weighted by Crippen LogP contribution is -2.11. The van der Waals surface area contributed by atoms with Gasteiger partial charge in [0.2, 0.25) is 0 Å². The second-order valence-corrected chi connectivity index (χ2v) is 7.36. The summed E-state index contributed by atoms with van der Waals surface area (Å²) in [6, 6.07) is 0.168. The molecule has 1 N–H and O–H groups in total. The fraction of sp³-hybridized carbons (Fsp3) is 0.333. The molecule has 0 unspecified atom stereocenters. The monoisotopic (exact) mass is 306 g/mol. The Hall–Kier alpha value is -1.12. The van der Waals surface area contributed by atoms with Gasteiger partial charge in [0.15, 0.2) is 8.68 Å². The molecule has 2 aromatic rings. The molecule has 0 spiro atoms. The fourth-order valence-electron chi connectivity index (χ4n) is 1.24. The van der Waals surface area contributed by atoms with Crippen LogP contribution in [0, 0.1) is 0 Å². The summed E-state index contributed by atoms with van der Waals surface area (Å²) < 4.78 is 28.3. The lowest BCUT2D eigenvalue weighted by atomic mass is 10.4. The standard InChI is InChI=1S/C9H11ClN4O2S2/c1-6(2)14-5-7(3-12-14)13-18(15,16)8-4-11-9(10)17-8/h3-6,13H,1-2H3. The van der Waals surface area contributed by atoms with Crippen molar-refractivity contribution in [3.63, 3.8) is 0 Å². The van der Waals surface area contributed by atoms with Gasteiger partial charge < -0.3 is 0 Å². The van der Waals surface area contributed by atoms with Crippen molar-refractivity contribution in [2.75, 3.05) is 4.72 Å². The molecule has 2 heterocycles. The maximum atomic E-state index is 12.0. The number of anilines is 1. The number of rotatable bonds is 4. The van der Waals surface area contributed by atoms with Crippen LogP contribution in [0.15, 0.2) is 22.8 Å². The highest BCUT2D eigenvalue weighted by Gasteiger charge is 2.18.